The Morgan fingerprint density at radius 2 is 1.80 bits per heavy atom. The van der Waals surface area contributed by atoms with E-state index in [1.165, 1.54) is 12.1 Å². The van der Waals surface area contributed by atoms with Gasteiger partial charge in [0.15, 0.2) is 0 Å². The molecule has 0 aliphatic carbocycles. The van der Waals surface area contributed by atoms with E-state index in [1.54, 1.807) is 24.3 Å². The van der Waals surface area contributed by atoms with Gasteiger partial charge in [-0.25, -0.2) is 0 Å². The van der Waals surface area contributed by atoms with Crippen molar-refractivity contribution < 1.29 is 4.92 Å². The van der Waals surface area contributed by atoms with Gasteiger partial charge in [-0.05, 0) is 29.8 Å². The first-order valence-electron chi connectivity index (χ1n) is 5.58. The first-order chi connectivity index (χ1) is 9.45. The summed E-state index contributed by atoms with van der Waals surface area (Å²) >= 11 is 15.1. The van der Waals surface area contributed by atoms with Crippen molar-refractivity contribution in [3.8, 4) is 0 Å². The smallest absolute Gasteiger partial charge is 0.270 e. The summed E-state index contributed by atoms with van der Waals surface area (Å²) in [6.07, 6.45) is 0. The molecular formula is C13H9BrCl2N2O2. The van der Waals surface area contributed by atoms with Crippen LogP contribution in [0.3, 0.4) is 0 Å². The molecule has 0 unspecified atom stereocenters. The van der Waals surface area contributed by atoms with E-state index in [9.17, 15) is 10.1 Å². The molecule has 0 amide bonds. The van der Waals surface area contributed by atoms with Crippen LogP contribution in [0.15, 0.2) is 40.9 Å². The average molecular weight is 376 g/mol. The Kier molecular flexibility index (Phi) is 4.86. The Balaban J connectivity index is 2.12. The first kappa shape index (κ1) is 15.1. The minimum Gasteiger partial charge on any atom is -0.381 e. The van der Waals surface area contributed by atoms with Crippen molar-refractivity contribution in [1.29, 1.82) is 0 Å². The average Bonchev–Trinajstić information content (AvgIpc) is 2.36. The van der Waals surface area contributed by atoms with Crippen LogP contribution in [-0.4, -0.2) is 4.92 Å². The van der Waals surface area contributed by atoms with Crippen LogP contribution in [0, 0.1) is 10.1 Å². The number of hydrogen-bond acceptors (Lipinski definition) is 3. The van der Waals surface area contributed by atoms with Crippen LogP contribution >= 0.6 is 39.1 Å². The molecule has 7 heteroatoms. The molecule has 0 aliphatic rings. The molecule has 0 radical (unpaired) electrons. The van der Waals surface area contributed by atoms with Crippen LogP contribution in [0.25, 0.3) is 0 Å². The fraction of sp³-hybridized carbons (Fsp3) is 0.0769. The third-order valence-corrected chi connectivity index (χ3v) is 3.77. The zero-order valence-corrected chi connectivity index (χ0v) is 13.2. The second kappa shape index (κ2) is 6.43. The van der Waals surface area contributed by atoms with Gasteiger partial charge in [0.1, 0.15) is 0 Å². The summed E-state index contributed by atoms with van der Waals surface area (Å²) in [6.45, 7) is 0.495. The minimum absolute atomic E-state index is 0.0476. The summed E-state index contributed by atoms with van der Waals surface area (Å²) in [4.78, 5) is 10.2. The van der Waals surface area contributed by atoms with Gasteiger partial charge in [-0.3, -0.25) is 10.1 Å². The summed E-state index contributed by atoms with van der Waals surface area (Å²) in [6, 6.07) is 9.80. The fourth-order valence-electron chi connectivity index (χ4n) is 1.65. The predicted molar refractivity (Wildman–Crippen MR) is 84.6 cm³/mol. The number of benzene rings is 2. The number of nitrogens with zero attached hydrogens (tertiary/aromatic N) is 1. The largest absolute Gasteiger partial charge is 0.381 e. The molecule has 2 aromatic carbocycles. The molecule has 4 nitrogen and oxygen atoms in total. The highest BCUT2D eigenvalue weighted by Gasteiger charge is 2.09. The molecule has 1 N–H and O–H groups in total. The number of non-ortho nitro benzene ring substituents is 1. The van der Waals surface area contributed by atoms with Crippen molar-refractivity contribution in [1.82, 2.24) is 0 Å². The van der Waals surface area contributed by atoms with E-state index in [0.717, 1.165) is 11.3 Å². The predicted octanol–water partition coefficient (Wildman–Crippen LogP) is 5.28. The Morgan fingerprint density at radius 3 is 2.35 bits per heavy atom. The molecule has 2 aromatic rings. The van der Waals surface area contributed by atoms with Gasteiger partial charge in [-0.15, -0.1) is 0 Å². The highest BCUT2D eigenvalue weighted by Crippen LogP contribution is 2.26. The zero-order valence-electron chi connectivity index (χ0n) is 10.1. The van der Waals surface area contributed by atoms with Gasteiger partial charge in [-0.1, -0.05) is 39.1 Å². The number of nitrogens with one attached hydrogen (secondary N) is 1. The van der Waals surface area contributed by atoms with Crippen LogP contribution in [0.5, 0.6) is 0 Å². The van der Waals surface area contributed by atoms with Crippen molar-refractivity contribution in [2.75, 3.05) is 5.32 Å². The molecule has 0 saturated heterocycles. The van der Waals surface area contributed by atoms with Gasteiger partial charge in [-0.2, -0.15) is 0 Å². The van der Waals surface area contributed by atoms with Crippen LogP contribution in [-0.2, 0) is 6.54 Å². The summed E-state index contributed by atoms with van der Waals surface area (Å²) in [5.74, 6) is 0. The Bertz CT molecular complexity index is 645. The molecule has 20 heavy (non-hydrogen) atoms. The highest BCUT2D eigenvalue weighted by atomic mass is 79.9. The molecule has 0 heterocycles. The van der Waals surface area contributed by atoms with Gasteiger partial charge < -0.3 is 5.32 Å². The lowest BCUT2D eigenvalue weighted by molar-refractivity contribution is -0.384. The number of halogens is 3. The third-order valence-electron chi connectivity index (χ3n) is 2.59. The monoisotopic (exact) mass is 374 g/mol. The second-order valence-electron chi connectivity index (χ2n) is 4.04. The normalized spacial score (nSPS) is 10.3. The summed E-state index contributed by atoms with van der Waals surface area (Å²) in [5, 5.41) is 14.9. The highest BCUT2D eigenvalue weighted by molar-refractivity contribution is 9.10. The molecule has 0 aromatic heterocycles. The van der Waals surface area contributed by atoms with E-state index in [0.29, 0.717) is 21.1 Å². The van der Waals surface area contributed by atoms with Crippen LogP contribution in [0.2, 0.25) is 10.0 Å². The van der Waals surface area contributed by atoms with Gasteiger partial charge in [0.05, 0.1) is 4.92 Å². The molecule has 0 fully saturated rings. The third kappa shape index (κ3) is 3.85. The topological polar surface area (TPSA) is 55.2 Å². The van der Waals surface area contributed by atoms with Gasteiger partial charge >= 0.3 is 0 Å². The lowest BCUT2D eigenvalue weighted by Gasteiger charge is -2.09. The van der Waals surface area contributed by atoms with E-state index in [1.807, 2.05) is 0 Å². The number of hydrogen-bond donors (Lipinski definition) is 1. The van der Waals surface area contributed by atoms with E-state index in [-0.39, 0.29) is 5.69 Å². The van der Waals surface area contributed by atoms with E-state index >= 15 is 0 Å². The van der Waals surface area contributed by atoms with Crippen molar-refractivity contribution >= 4 is 50.5 Å². The molecule has 0 aliphatic heterocycles. The standard InChI is InChI=1S/C13H9BrCl2N2O2/c14-13-6-12(18(19)20)2-1-8(13)7-17-11-4-9(15)3-10(16)5-11/h1-6,17H,7H2. The molecular weight excluding hydrogens is 367 g/mol. The lowest BCUT2D eigenvalue weighted by atomic mass is 10.2. The van der Waals surface area contributed by atoms with E-state index in [4.69, 9.17) is 23.2 Å². The Morgan fingerprint density at radius 1 is 1.15 bits per heavy atom. The first-order valence-corrected chi connectivity index (χ1v) is 7.13. The molecule has 2 rings (SSSR count). The number of nitro groups is 1. The molecule has 0 bridgehead atoms. The number of anilines is 1. The Labute approximate surface area is 134 Å². The lowest BCUT2D eigenvalue weighted by Crippen LogP contribution is -2.00. The summed E-state index contributed by atoms with van der Waals surface area (Å²) < 4.78 is 0.673. The van der Waals surface area contributed by atoms with E-state index in [2.05, 4.69) is 21.2 Å². The van der Waals surface area contributed by atoms with Gasteiger partial charge in [0.2, 0.25) is 0 Å². The second-order valence-corrected chi connectivity index (χ2v) is 5.77. The summed E-state index contributed by atoms with van der Waals surface area (Å²) in [5.41, 5.74) is 1.73. The fourth-order valence-corrected chi connectivity index (χ4v) is 2.68. The van der Waals surface area contributed by atoms with Gasteiger partial charge in [0, 0.05) is 38.9 Å². The zero-order chi connectivity index (χ0) is 14.7. The van der Waals surface area contributed by atoms with Crippen molar-refractivity contribution in [3.05, 3.63) is 66.6 Å². The molecule has 0 spiro atoms. The van der Waals surface area contributed by atoms with Crippen molar-refractivity contribution in [2.24, 2.45) is 0 Å². The van der Waals surface area contributed by atoms with Gasteiger partial charge in [0.25, 0.3) is 5.69 Å². The van der Waals surface area contributed by atoms with Crippen LogP contribution in [0.1, 0.15) is 5.56 Å². The number of rotatable bonds is 4. The van der Waals surface area contributed by atoms with E-state index < -0.39 is 4.92 Å². The summed E-state index contributed by atoms with van der Waals surface area (Å²) in [7, 11) is 0. The maximum atomic E-state index is 10.7. The molecule has 104 valence electrons. The molecule has 0 saturated carbocycles. The Hall–Kier alpha value is -1.30. The van der Waals surface area contributed by atoms with Crippen molar-refractivity contribution in [2.45, 2.75) is 6.54 Å². The molecule has 0 atom stereocenters. The van der Waals surface area contributed by atoms with Crippen LogP contribution < -0.4 is 5.32 Å². The SMILES string of the molecule is O=[N+]([O-])c1ccc(CNc2cc(Cl)cc(Cl)c2)c(Br)c1. The maximum absolute atomic E-state index is 10.7. The maximum Gasteiger partial charge on any atom is 0.270 e. The minimum atomic E-state index is -0.432. The van der Waals surface area contributed by atoms with Crippen molar-refractivity contribution in [3.63, 3.8) is 0 Å². The van der Waals surface area contributed by atoms with Crippen LogP contribution in [0.4, 0.5) is 11.4 Å². The quantitative estimate of drug-likeness (QED) is 0.584. The number of nitro benzene ring substituents is 1.